The van der Waals surface area contributed by atoms with Gasteiger partial charge in [0.25, 0.3) is 0 Å². The minimum Gasteiger partial charge on any atom is -0.498 e. The van der Waals surface area contributed by atoms with E-state index in [1.54, 1.807) is 6.92 Å². The van der Waals surface area contributed by atoms with Crippen molar-refractivity contribution in [2.45, 2.75) is 65.2 Å². The van der Waals surface area contributed by atoms with Gasteiger partial charge in [-0.25, -0.2) is 0 Å². The lowest BCUT2D eigenvalue weighted by Gasteiger charge is -2.36. The van der Waals surface area contributed by atoms with Gasteiger partial charge in [0.2, 0.25) is 0 Å². The molecule has 3 rings (SSSR count). The molecule has 0 bridgehead atoms. The average molecular weight is 485 g/mol. The lowest BCUT2D eigenvalue weighted by atomic mass is 9.94. The fourth-order valence-electron chi connectivity index (χ4n) is 4.30. The second kappa shape index (κ2) is 12.6. The normalized spacial score (nSPS) is 19.9. The first-order valence-corrected chi connectivity index (χ1v) is 12.0. The zero-order chi connectivity index (χ0) is 25.4. The van der Waals surface area contributed by atoms with Crippen LogP contribution in [0.2, 0.25) is 0 Å². The van der Waals surface area contributed by atoms with E-state index >= 15 is 0 Å². The van der Waals surface area contributed by atoms with E-state index in [0.717, 1.165) is 69.5 Å². The third kappa shape index (κ3) is 8.95. The predicted octanol–water partition coefficient (Wildman–Crippen LogP) is 5.44. The number of hydrogen-bond acceptors (Lipinski definition) is 5. The van der Waals surface area contributed by atoms with Gasteiger partial charge in [0.15, 0.2) is 6.29 Å². The SMILES string of the molecule is CC(C)(O)CCCCN1CCN(c2ccccc2C=O)CC1.CC1=C(C)C(C(F)(F)F)CCO1. The zero-order valence-electron chi connectivity index (χ0n) is 20.8. The average Bonchev–Trinajstić information content (AvgIpc) is 2.78. The number of unbranched alkanes of at least 4 members (excludes halogenated alkanes) is 1. The summed E-state index contributed by atoms with van der Waals surface area (Å²) in [6, 6.07) is 7.81. The lowest BCUT2D eigenvalue weighted by Crippen LogP contribution is -2.46. The molecule has 0 saturated carbocycles. The van der Waals surface area contributed by atoms with Gasteiger partial charge in [-0.15, -0.1) is 0 Å². The largest absolute Gasteiger partial charge is 0.498 e. The fraction of sp³-hybridized carbons (Fsp3) is 0.654. The van der Waals surface area contributed by atoms with E-state index in [4.69, 9.17) is 4.74 Å². The summed E-state index contributed by atoms with van der Waals surface area (Å²) < 4.78 is 41.8. The molecule has 0 spiro atoms. The summed E-state index contributed by atoms with van der Waals surface area (Å²) in [4.78, 5) is 15.9. The van der Waals surface area contributed by atoms with E-state index in [9.17, 15) is 23.1 Å². The molecule has 1 N–H and O–H groups in total. The number of carbonyl (C=O) groups excluding carboxylic acids is 1. The van der Waals surface area contributed by atoms with Crippen molar-refractivity contribution in [2.24, 2.45) is 5.92 Å². The summed E-state index contributed by atoms with van der Waals surface area (Å²) in [5.41, 5.74) is 1.60. The Hall–Kier alpha value is -2.06. The van der Waals surface area contributed by atoms with Crippen LogP contribution in [0.25, 0.3) is 0 Å². The Morgan fingerprint density at radius 1 is 1.09 bits per heavy atom. The summed E-state index contributed by atoms with van der Waals surface area (Å²) in [6.45, 7) is 12.1. The van der Waals surface area contributed by atoms with E-state index in [1.807, 2.05) is 38.1 Å². The summed E-state index contributed by atoms with van der Waals surface area (Å²) in [5, 5.41) is 9.72. The molecule has 2 aliphatic heterocycles. The highest BCUT2D eigenvalue weighted by molar-refractivity contribution is 5.84. The number of allylic oxidation sites excluding steroid dienone is 2. The number of benzene rings is 1. The van der Waals surface area contributed by atoms with Gasteiger partial charge in [-0.1, -0.05) is 12.1 Å². The van der Waals surface area contributed by atoms with Gasteiger partial charge in [0, 0.05) is 37.4 Å². The topological polar surface area (TPSA) is 53.0 Å². The van der Waals surface area contributed by atoms with Crippen LogP contribution >= 0.6 is 0 Å². The van der Waals surface area contributed by atoms with E-state index in [2.05, 4.69) is 9.80 Å². The number of alkyl halides is 3. The molecule has 192 valence electrons. The first-order valence-electron chi connectivity index (χ1n) is 12.0. The molecule has 5 nitrogen and oxygen atoms in total. The first kappa shape index (κ1) is 28.2. The van der Waals surface area contributed by atoms with Gasteiger partial charge in [-0.05, 0) is 77.6 Å². The molecule has 8 heteroatoms. The van der Waals surface area contributed by atoms with Gasteiger partial charge < -0.3 is 14.7 Å². The fourth-order valence-corrected chi connectivity index (χ4v) is 4.30. The van der Waals surface area contributed by atoms with Crippen molar-refractivity contribution in [3.8, 4) is 0 Å². The predicted molar refractivity (Wildman–Crippen MR) is 129 cm³/mol. The van der Waals surface area contributed by atoms with Crippen molar-refractivity contribution in [1.82, 2.24) is 4.90 Å². The van der Waals surface area contributed by atoms with Crippen LogP contribution in [0.3, 0.4) is 0 Å². The number of anilines is 1. The van der Waals surface area contributed by atoms with Gasteiger partial charge in [-0.3, -0.25) is 9.69 Å². The second-order valence-electron chi connectivity index (χ2n) is 9.75. The highest BCUT2D eigenvalue weighted by atomic mass is 19.4. The first-order chi connectivity index (χ1) is 15.9. The summed E-state index contributed by atoms with van der Waals surface area (Å²) in [5.74, 6) is -0.880. The molecule has 0 aliphatic carbocycles. The van der Waals surface area contributed by atoms with E-state index in [1.165, 1.54) is 6.92 Å². The number of nitrogens with zero attached hydrogens (tertiary/aromatic N) is 2. The molecule has 1 saturated heterocycles. The van der Waals surface area contributed by atoms with Crippen molar-refractivity contribution in [3.63, 3.8) is 0 Å². The molecule has 1 aromatic carbocycles. The van der Waals surface area contributed by atoms with Crippen molar-refractivity contribution >= 4 is 12.0 Å². The Kier molecular flexibility index (Phi) is 10.4. The Morgan fingerprint density at radius 3 is 2.29 bits per heavy atom. The third-order valence-corrected chi connectivity index (χ3v) is 6.49. The van der Waals surface area contributed by atoms with Crippen molar-refractivity contribution in [1.29, 1.82) is 0 Å². The molecule has 0 radical (unpaired) electrons. The van der Waals surface area contributed by atoms with Crippen LogP contribution in [-0.2, 0) is 4.74 Å². The summed E-state index contributed by atoms with van der Waals surface area (Å²) >= 11 is 0. The zero-order valence-corrected chi connectivity index (χ0v) is 20.8. The molecule has 34 heavy (non-hydrogen) atoms. The number of ether oxygens (including phenoxy) is 1. The van der Waals surface area contributed by atoms with Gasteiger partial charge in [-0.2, -0.15) is 13.2 Å². The van der Waals surface area contributed by atoms with Crippen LogP contribution < -0.4 is 4.90 Å². The van der Waals surface area contributed by atoms with Crippen LogP contribution in [0.4, 0.5) is 18.9 Å². The highest BCUT2D eigenvalue weighted by Crippen LogP contribution is 2.38. The molecule has 1 unspecified atom stereocenters. The van der Waals surface area contributed by atoms with E-state index < -0.39 is 17.7 Å². The quantitative estimate of drug-likeness (QED) is 0.413. The number of hydrogen-bond donors (Lipinski definition) is 1. The Labute approximate surface area is 201 Å². The number of aldehydes is 1. The van der Waals surface area contributed by atoms with Crippen LogP contribution in [-0.4, -0.2) is 67.4 Å². The number of rotatable bonds is 7. The van der Waals surface area contributed by atoms with Gasteiger partial charge >= 0.3 is 6.18 Å². The molecule has 1 aromatic rings. The molecule has 0 aromatic heterocycles. The minimum absolute atomic E-state index is 0.0483. The summed E-state index contributed by atoms with van der Waals surface area (Å²) in [6.07, 6.45) is -0.0631. The number of para-hydroxylation sites is 1. The monoisotopic (exact) mass is 484 g/mol. The number of halogens is 3. The molecular weight excluding hydrogens is 445 g/mol. The maximum absolute atomic E-state index is 12.3. The van der Waals surface area contributed by atoms with Gasteiger partial charge in [0.1, 0.15) is 0 Å². The Bertz CT molecular complexity index is 810. The second-order valence-corrected chi connectivity index (χ2v) is 9.75. The molecule has 2 heterocycles. The standard InChI is InChI=1S/C18H28N2O2.C8H11F3O/c1-18(2,22)9-5-6-10-19-11-13-20(14-12-19)17-8-4-3-7-16(17)15-21;1-5-6(2)12-4-3-7(5)8(9,10)11/h3-4,7-8,15,22H,5-6,9-14H2,1-2H3;7H,3-4H2,1-2H3. The maximum Gasteiger partial charge on any atom is 0.395 e. The van der Waals surface area contributed by atoms with Gasteiger partial charge in [0.05, 0.1) is 23.9 Å². The molecule has 1 fully saturated rings. The van der Waals surface area contributed by atoms with Crippen molar-refractivity contribution in [2.75, 3.05) is 44.2 Å². The summed E-state index contributed by atoms with van der Waals surface area (Å²) in [7, 11) is 0. The Balaban J connectivity index is 0.000000287. The lowest BCUT2D eigenvalue weighted by molar-refractivity contribution is -0.171. The minimum atomic E-state index is -4.12. The van der Waals surface area contributed by atoms with Crippen LogP contribution in [0, 0.1) is 5.92 Å². The molecule has 0 amide bonds. The smallest absolute Gasteiger partial charge is 0.395 e. The van der Waals surface area contributed by atoms with Crippen molar-refractivity contribution < 1.29 is 27.8 Å². The van der Waals surface area contributed by atoms with Crippen LogP contribution in [0.1, 0.15) is 63.7 Å². The molecule has 1 atom stereocenters. The highest BCUT2D eigenvalue weighted by Gasteiger charge is 2.42. The maximum atomic E-state index is 12.3. The third-order valence-electron chi connectivity index (χ3n) is 6.49. The van der Waals surface area contributed by atoms with Crippen molar-refractivity contribution in [3.05, 3.63) is 41.2 Å². The Morgan fingerprint density at radius 2 is 1.74 bits per heavy atom. The van der Waals surface area contributed by atoms with Crippen LogP contribution in [0.15, 0.2) is 35.6 Å². The molecular formula is C26H39F3N2O3. The van der Waals surface area contributed by atoms with E-state index in [0.29, 0.717) is 11.3 Å². The number of carbonyl (C=O) groups is 1. The number of piperazine rings is 1. The van der Waals surface area contributed by atoms with Crippen LogP contribution in [0.5, 0.6) is 0 Å². The number of aliphatic hydroxyl groups is 1. The molecule has 2 aliphatic rings. The van der Waals surface area contributed by atoms with E-state index in [-0.39, 0.29) is 13.0 Å².